The first-order valence-electron chi connectivity index (χ1n) is 9.12. The number of allylic oxidation sites excluding steroid dienone is 1. The van der Waals surface area contributed by atoms with E-state index < -0.39 is 0 Å². The molecule has 0 radical (unpaired) electrons. The Morgan fingerprint density at radius 3 is 2.35 bits per heavy atom. The third-order valence-electron chi connectivity index (χ3n) is 3.33. The van der Waals surface area contributed by atoms with Gasteiger partial charge in [-0.1, -0.05) is 59.9 Å². The number of aromatic nitrogens is 1. The van der Waals surface area contributed by atoms with Crippen LogP contribution in [-0.2, 0) is 11.2 Å². The van der Waals surface area contributed by atoms with E-state index in [4.69, 9.17) is 9.73 Å². The molecule has 1 rings (SSSR count). The number of thioether (sulfide) groups is 1. The maximum Gasteiger partial charge on any atom is 0.357 e. The van der Waals surface area contributed by atoms with Crippen LogP contribution in [0.3, 0.4) is 0 Å². The first kappa shape index (κ1) is 22.9. The van der Waals surface area contributed by atoms with E-state index >= 15 is 0 Å². The number of nitrogens with zero attached hydrogens (tertiary/aromatic N) is 2. The third kappa shape index (κ3) is 7.62. The van der Waals surface area contributed by atoms with Gasteiger partial charge in [0.15, 0.2) is 5.69 Å². The normalized spacial score (nSPS) is 12.3. The Morgan fingerprint density at radius 2 is 1.85 bits per heavy atom. The molecule has 0 saturated heterocycles. The Labute approximate surface area is 166 Å². The second-order valence-corrected chi connectivity index (χ2v) is 9.91. The molecule has 0 N–H and O–H groups in total. The summed E-state index contributed by atoms with van der Waals surface area (Å²) in [7, 11) is 1.40. The lowest BCUT2D eigenvalue weighted by molar-refractivity contribution is 0.0593. The SMILES string of the molecule is C=C(CC(C)C)S/C(=N\CC(C)C)c1nc(C(=O)OC)c(CC(C)C)s1. The highest BCUT2D eigenvalue weighted by Crippen LogP contribution is 2.31. The van der Waals surface area contributed by atoms with Crippen molar-refractivity contribution in [2.75, 3.05) is 13.7 Å². The zero-order valence-electron chi connectivity index (χ0n) is 17.1. The van der Waals surface area contributed by atoms with E-state index in [0.29, 0.717) is 23.4 Å². The monoisotopic (exact) mass is 396 g/mol. The molecule has 0 saturated carbocycles. The summed E-state index contributed by atoms with van der Waals surface area (Å²) in [4.78, 5) is 23.6. The van der Waals surface area contributed by atoms with Crippen molar-refractivity contribution in [1.29, 1.82) is 0 Å². The van der Waals surface area contributed by atoms with E-state index in [0.717, 1.165) is 39.2 Å². The van der Waals surface area contributed by atoms with Crippen molar-refractivity contribution in [2.45, 2.75) is 54.4 Å². The van der Waals surface area contributed by atoms with Crippen LogP contribution in [0.5, 0.6) is 0 Å². The average molecular weight is 397 g/mol. The van der Waals surface area contributed by atoms with Gasteiger partial charge in [-0.3, -0.25) is 4.99 Å². The molecule has 0 aliphatic rings. The van der Waals surface area contributed by atoms with E-state index in [2.05, 4.69) is 53.1 Å². The molecule has 0 aromatic carbocycles. The van der Waals surface area contributed by atoms with Gasteiger partial charge in [0.05, 0.1) is 7.11 Å². The summed E-state index contributed by atoms with van der Waals surface area (Å²) in [6.45, 7) is 17.8. The summed E-state index contributed by atoms with van der Waals surface area (Å²) in [5.74, 6) is 1.06. The van der Waals surface area contributed by atoms with Crippen LogP contribution in [0.4, 0.5) is 0 Å². The summed E-state index contributed by atoms with van der Waals surface area (Å²) >= 11 is 3.13. The second-order valence-electron chi connectivity index (χ2n) is 7.66. The second kappa shape index (κ2) is 10.9. The van der Waals surface area contributed by atoms with Crippen molar-refractivity contribution in [3.63, 3.8) is 0 Å². The van der Waals surface area contributed by atoms with Crippen LogP contribution < -0.4 is 0 Å². The molecule has 1 aromatic heterocycles. The Bertz CT molecular complexity index is 646. The van der Waals surface area contributed by atoms with Crippen LogP contribution in [0.1, 0.15) is 68.3 Å². The van der Waals surface area contributed by atoms with Crippen molar-refractivity contribution >= 4 is 34.1 Å². The van der Waals surface area contributed by atoms with Crippen molar-refractivity contribution in [1.82, 2.24) is 4.98 Å². The first-order valence-corrected chi connectivity index (χ1v) is 10.8. The van der Waals surface area contributed by atoms with Crippen LogP contribution >= 0.6 is 23.1 Å². The molecule has 4 nitrogen and oxygen atoms in total. The highest BCUT2D eigenvalue weighted by Gasteiger charge is 2.22. The van der Waals surface area contributed by atoms with Crippen molar-refractivity contribution in [3.8, 4) is 0 Å². The molecular weight excluding hydrogens is 364 g/mol. The van der Waals surface area contributed by atoms with Crippen molar-refractivity contribution in [3.05, 3.63) is 27.1 Å². The Morgan fingerprint density at radius 1 is 1.19 bits per heavy atom. The van der Waals surface area contributed by atoms with Crippen LogP contribution in [0.25, 0.3) is 0 Å². The largest absolute Gasteiger partial charge is 0.464 e. The minimum absolute atomic E-state index is 0.377. The molecule has 146 valence electrons. The van der Waals surface area contributed by atoms with E-state index in [1.165, 1.54) is 7.11 Å². The van der Waals surface area contributed by atoms with Gasteiger partial charge in [-0.05, 0) is 35.5 Å². The fourth-order valence-electron chi connectivity index (χ4n) is 2.25. The lowest BCUT2D eigenvalue weighted by atomic mass is 10.1. The predicted molar refractivity (Wildman–Crippen MR) is 114 cm³/mol. The molecule has 0 atom stereocenters. The minimum Gasteiger partial charge on any atom is -0.464 e. The zero-order valence-corrected chi connectivity index (χ0v) is 18.7. The molecule has 6 heteroatoms. The van der Waals surface area contributed by atoms with Crippen LogP contribution in [0.15, 0.2) is 16.5 Å². The number of aliphatic imine (C=N–C) groups is 1. The van der Waals surface area contributed by atoms with Gasteiger partial charge in [0.1, 0.15) is 10.1 Å². The lowest BCUT2D eigenvalue weighted by Gasteiger charge is -2.09. The molecule has 26 heavy (non-hydrogen) atoms. The van der Waals surface area contributed by atoms with Crippen molar-refractivity contribution < 1.29 is 9.53 Å². The standard InChI is InChI=1S/C20H32N2O2S2/c1-12(2)9-15(7)25-18(21-11-14(5)6)19-22-17(20(23)24-8)16(26-19)10-13(3)4/h12-14H,7,9-11H2,1-6,8H3/b21-18-. The van der Waals surface area contributed by atoms with Crippen molar-refractivity contribution in [2.24, 2.45) is 22.7 Å². The van der Waals surface area contributed by atoms with E-state index in [-0.39, 0.29) is 5.97 Å². The molecule has 1 aromatic rings. The van der Waals surface area contributed by atoms with Gasteiger partial charge in [-0.15, -0.1) is 11.3 Å². The van der Waals surface area contributed by atoms with Gasteiger partial charge in [0.2, 0.25) is 0 Å². The van der Waals surface area contributed by atoms with E-state index in [1.807, 2.05) is 0 Å². The topological polar surface area (TPSA) is 51.5 Å². The Balaban J connectivity index is 3.23. The van der Waals surface area contributed by atoms with Crippen LogP contribution in [0, 0.1) is 17.8 Å². The summed E-state index contributed by atoms with van der Waals surface area (Å²) in [5, 5.41) is 1.64. The summed E-state index contributed by atoms with van der Waals surface area (Å²) in [5.41, 5.74) is 0.425. The molecule has 0 fully saturated rings. The number of ether oxygens (including phenoxy) is 1. The third-order valence-corrected chi connectivity index (χ3v) is 5.51. The fraction of sp³-hybridized carbons (Fsp3) is 0.650. The van der Waals surface area contributed by atoms with E-state index in [1.54, 1.807) is 23.1 Å². The number of methoxy groups -OCH3 is 1. The highest BCUT2D eigenvalue weighted by atomic mass is 32.2. The fourth-order valence-corrected chi connectivity index (χ4v) is 4.63. The summed E-state index contributed by atoms with van der Waals surface area (Å²) in [6, 6.07) is 0. The number of carbonyl (C=O) groups is 1. The molecule has 0 amide bonds. The molecule has 0 unspecified atom stereocenters. The Kier molecular flexibility index (Phi) is 9.58. The average Bonchev–Trinajstić information content (AvgIpc) is 2.92. The van der Waals surface area contributed by atoms with Gasteiger partial charge in [-0.2, -0.15) is 0 Å². The molecule has 0 aliphatic heterocycles. The summed E-state index contributed by atoms with van der Waals surface area (Å²) in [6.07, 6.45) is 1.73. The quantitative estimate of drug-likeness (QED) is 0.300. The number of esters is 1. The maximum atomic E-state index is 12.1. The number of hydrogen-bond donors (Lipinski definition) is 0. The number of thiazole rings is 1. The van der Waals surface area contributed by atoms with Gasteiger partial charge in [0, 0.05) is 11.4 Å². The van der Waals surface area contributed by atoms with Gasteiger partial charge >= 0.3 is 5.97 Å². The molecule has 0 bridgehead atoms. The van der Waals surface area contributed by atoms with Crippen LogP contribution in [0.2, 0.25) is 0 Å². The van der Waals surface area contributed by atoms with E-state index in [9.17, 15) is 4.79 Å². The first-order chi connectivity index (χ1) is 12.1. The molecule has 1 heterocycles. The minimum atomic E-state index is -0.377. The number of rotatable bonds is 9. The zero-order chi connectivity index (χ0) is 19.9. The molecule has 0 aliphatic carbocycles. The molecule has 0 spiro atoms. The number of carbonyl (C=O) groups excluding carboxylic acids is 1. The van der Waals surface area contributed by atoms with Gasteiger partial charge < -0.3 is 4.74 Å². The predicted octanol–water partition coefficient (Wildman–Crippen LogP) is 5.82. The molecular formula is C20H32N2O2S2. The number of hydrogen-bond acceptors (Lipinski definition) is 6. The summed E-state index contributed by atoms with van der Waals surface area (Å²) < 4.78 is 4.92. The van der Waals surface area contributed by atoms with Crippen LogP contribution in [-0.4, -0.2) is 29.7 Å². The van der Waals surface area contributed by atoms with Gasteiger partial charge in [0.25, 0.3) is 0 Å². The van der Waals surface area contributed by atoms with Gasteiger partial charge in [-0.25, -0.2) is 9.78 Å². The maximum absolute atomic E-state index is 12.1. The Hall–Kier alpha value is -1.14. The highest BCUT2D eigenvalue weighted by molar-refractivity contribution is 8.17. The lowest BCUT2D eigenvalue weighted by Crippen LogP contribution is -2.07. The smallest absolute Gasteiger partial charge is 0.357 e.